The lowest BCUT2D eigenvalue weighted by Crippen LogP contribution is -2.09. The lowest BCUT2D eigenvalue weighted by Gasteiger charge is -1.99. The van der Waals surface area contributed by atoms with Crippen LogP contribution in [0.1, 0.15) is 28.8 Å². The highest BCUT2D eigenvalue weighted by atomic mass is 16.5. The maximum absolute atomic E-state index is 11.4. The molecule has 0 fully saturated rings. The second kappa shape index (κ2) is 5.34. The van der Waals surface area contributed by atoms with Crippen LogP contribution >= 0.6 is 0 Å². The van der Waals surface area contributed by atoms with Gasteiger partial charge in [-0.1, -0.05) is 6.92 Å². The predicted octanol–water partition coefficient (Wildman–Crippen LogP) is 1.34. The summed E-state index contributed by atoms with van der Waals surface area (Å²) in [5.74, 6) is -0.0423. The SMILES string of the molecule is CCc1cc(C(=O)OC)c(CC(=O)OC)o1. The fourth-order valence-electron chi connectivity index (χ4n) is 1.28. The van der Waals surface area contributed by atoms with Crippen LogP contribution in [0.15, 0.2) is 10.5 Å². The van der Waals surface area contributed by atoms with Gasteiger partial charge >= 0.3 is 11.9 Å². The molecule has 0 aliphatic rings. The summed E-state index contributed by atoms with van der Waals surface area (Å²) in [5.41, 5.74) is 0.282. The topological polar surface area (TPSA) is 65.7 Å². The molecule has 0 aliphatic carbocycles. The Morgan fingerprint density at radius 3 is 2.50 bits per heavy atom. The number of rotatable bonds is 4. The Labute approximate surface area is 93.3 Å². The van der Waals surface area contributed by atoms with Crippen LogP contribution in [0, 0.1) is 0 Å². The first-order chi connectivity index (χ1) is 7.62. The fourth-order valence-corrected chi connectivity index (χ4v) is 1.28. The van der Waals surface area contributed by atoms with Gasteiger partial charge in [-0.2, -0.15) is 0 Å². The molecule has 0 N–H and O–H groups in total. The molecule has 5 heteroatoms. The third-order valence-electron chi connectivity index (χ3n) is 2.15. The molecule has 0 amide bonds. The van der Waals surface area contributed by atoms with Gasteiger partial charge in [0, 0.05) is 6.42 Å². The molecule has 1 aromatic rings. The molecule has 0 saturated carbocycles. The number of carbonyl (C=O) groups is 2. The molecule has 0 saturated heterocycles. The zero-order chi connectivity index (χ0) is 12.1. The van der Waals surface area contributed by atoms with Crippen LogP contribution in [0.3, 0.4) is 0 Å². The van der Waals surface area contributed by atoms with Crippen molar-refractivity contribution in [3.05, 3.63) is 23.2 Å². The third-order valence-corrected chi connectivity index (χ3v) is 2.15. The molecule has 0 radical (unpaired) electrons. The average Bonchev–Trinajstić information content (AvgIpc) is 2.71. The van der Waals surface area contributed by atoms with Crippen molar-refractivity contribution in [1.29, 1.82) is 0 Å². The van der Waals surface area contributed by atoms with E-state index in [0.29, 0.717) is 12.2 Å². The summed E-state index contributed by atoms with van der Waals surface area (Å²) >= 11 is 0. The van der Waals surface area contributed by atoms with Gasteiger partial charge in [-0.05, 0) is 6.07 Å². The minimum atomic E-state index is -0.512. The predicted molar refractivity (Wildman–Crippen MR) is 55.1 cm³/mol. The van der Waals surface area contributed by atoms with Crippen molar-refractivity contribution in [1.82, 2.24) is 0 Å². The summed E-state index contributed by atoms with van der Waals surface area (Å²) in [7, 11) is 2.56. The summed E-state index contributed by atoms with van der Waals surface area (Å²) in [6, 6.07) is 1.59. The van der Waals surface area contributed by atoms with Gasteiger partial charge < -0.3 is 13.9 Å². The van der Waals surface area contributed by atoms with Crippen LogP contribution in [0.5, 0.6) is 0 Å². The van der Waals surface area contributed by atoms with Crippen molar-refractivity contribution in [2.75, 3.05) is 14.2 Å². The van der Waals surface area contributed by atoms with Gasteiger partial charge in [0.15, 0.2) is 0 Å². The van der Waals surface area contributed by atoms with Crippen LogP contribution in [0.25, 0.3) is 0 Å². The number of hydrogen-bond donors (Lipinski definition) is 0. The Balaban J connectivity index is 3.00. The third kappa shape index (κ3) is 2.62. The van der Waals surface area contributed by atoms with Crippen molar-refractivity contribution in [2.45, 2.75) is 19.8 Å². The van der Waals surface area contributed by atoms with E-state index in [-0.39, 0.29) is 17.7 Å². The fraction of sp³-hybridized carbons (Fsp3) is 0.455. The number of methoxy groups -OCH3 is 2. The van der Waals surface area contributed by atoms with Crippen molar-refractivity contribution in [2.24, 2.45) is 0 Å². The molecule has 0 atom stereocenters. The Morgan fingerprint density at radius 1 is 1.31 bits per heavy atom. The van der Waals surface area contributed by atoms with Crippen LogP contribution in [0.4, 0.5) is 0 Å². The molecular formula is C11H14O5. The molecule has 0 aliphatic heterocycles. The van der Waals surface area contributed by atoms with Crippen LogP contribution in [-0.2, 0) is 27.1 Å². The van der Waals surface area contributed by atoms with E-state index in [4.69, 9.17) is 4.42 Å². The van der Waals surface area contributed by atoms with Crippen LogP contribution in [-0.4, -0.2) is 26.2 Å². The van der Waals surface area contributed by atoms with Gasteiger partial charge in [0.25, 0.3) is 0 Å². The highest BCUT2D eigenvalue weighted by Gasteiger charge is 2.20. The van der Waals surface area contributed by atoms with Gasteiger partial charge in [0.1, 0.15) is 23.5 Å². The average molecular weight is 226 g/mol. The molecular weight excluding hydrogens is 212 g/mol. The number of ether oxygens (including phenoxy) is 2. The second-order valence-corrected chi connectivity index (χ2v) is 3.15. The van der Waals surface area contributed by atoms with Gasteiger partial charge in [-0.15, -0.1) is 0 Å². The summed E-state index contributed by atoms with van der Waals surface area (Å²) in [6.07, 6.45) is 0.575. The quantitative estimate of drug-likeness (QED) is 0.725. The standard InChI is InChI=1S/C11H14O5/c1-4-7-5-8(11(13)15-3)9(16-7)6-10(12)14-2/h5H,4,6H2,1-3H3. The van der Waals surface area contributed by atoms with Gasteiger partial charge in [-0.25, -0.2) is 4.79 Å². The minimum Gasteiger partial charge on any atom is -0.469 e. The molecule has 0 aromatic carbocycles. The summed E-state index contributed by atoms with van der Waals surface area (Å²) in [5, 5.41) is 0. The van der Waals surface area contributed by atoms with Crippen molar-refractivity contribution in [3.8, 4) is 0 Å². The van der Waals surface area contributed by atoms with E-state index in [1.807, 2.05) is 6.92 Å². The smallest absolute Gasteiger partial charge is 0.341 e. The molecule has 0 spiro atoms. The van der Waals surface area contributed by atoms with Gasteiger partial charge in [0.05, 0.1) is 14.2 Å². The first-order valence-corrected chi connectivity index (χ1v) is 4.89. The van der Waals surface area contributed by atoms with Gasteiger partial charge in [-0.3, -0.25) is 4.79 Å². The number of aryl methyl sites for hydroxylation is 1. The second-order valence-electron chi connectivity index (χ2n) is 3.15. The summed E-state index contributed by atoms with van der Waals surface area (Å²) in [4.78, 5) is 22.5. The largest absolute Gasteiger partial charge is 0.469 e. The van der Waals surface area contributed by atoms with Crippen LogP contribution < -0.4 is 0 Å². The van der Waals surface area contributed by atoms with E-state index >= 15 is 0 Å². The number of carbonyl (C=O) groups excluding carboxylic acids is 2. The van der Waals surface area contributed by atoms with Crippen molar-refractivity contribution in [3.63, 3.8) is 0 Å². The Morgan fingerprint density at radius 2 is 2.00 bits per heavy atom. The van der Waals surface area contributed by atoms with E-state index in [0.717, 1.165) is 0 Å². The number of furan rings is 1. The first kappa shape index (κ1) is 12.3. The van der Waals surface area contributed by atoms with E-state index in [9.17, 15) is 9.59 Å². The van der Waals surface area contributed by atoms with Gasteiger partial charge in [0.2, 0.25) is 0 Å². The van der Waals surface area contributed by atoms with Crippen LogP contribution in [0.2, 0.25) is 0 Å². The first-order valence-electron chi connectivity index (χ1n) is 4.89. The molecule has 16 heavy (non-hydrogen) atoms. The molecule has 0 bridgehead atoms. The van der Waals surface area contributed by atoms with E-state index < -0.39 is 11.9 Å². The minimum absolute atomic E-state index is 0.0685. The van der Waals surface area contributed by atoms with Crippen molar-refractivity contribution < 1.29 is 23.5 Å². The molecule has 0 unspecified atom stereocenters. The number of esters is 2. The Kier molecular flexibility index (Phi) is 4.10. The molecule has 1 heterocycles. The maximum atomic E-state index is 11.4. The van der Waals surface area contributed by atoms with Crippen molar-refractivity contribution >= 4 is 11.9 Å². The summed E-state index contributed by atoms with van der Waals surface area (Å²) < 4.78 is 14.5. The molecule has 88 valence electrons. The number of hydrogen-bond acceptors (Lipinski definition) is 5. The Bertz CT molecular complexity index is 391. The molecule has 1 aromatic heterocycles. The molecule has 5 nitrogen and oxygen atoms in total. The monoisotopic (exact) mass is 226 g/mol. The van der Waals surface area contributed by atoms with E-state index in [2.05, 4.69) is 9.47 Å². The summed E-state index contributed by atoms with van der Waals surface area (Å²) in [6.45, 7) is 1.89. The molecule has 1 rings (SSSR count). The zero-order valence-electron chi connectivity index (χ0n) is 9.53. The lowest BCUT2D eigenvalue weighted by molar-refractivity contribution is -0.140. The highest BCUT2D eigenvalue weighted by molar-refractivity contribution is 5.91. The van der Waals surface area contributed by atoms with E-state index in [1.165, 1.54) is 14.2 Å². The maximum Gasteiger partial charge on any atom is 0.341 e. The Hall–Kier alpha value is -1.78. The highest BCUT2D eigenvalue weighted by Crippen LogP contribution is 2.18. The lowest BCUT2D eigenvalue weighted by atomic mass is 10.2. The normalized spacial score (nSPS) is 9.94. The zero-order valence-corrected chi connectivity index (χ0v) is 9.53. The van der Waals surface area contributed by atoms with E-state index in [1.54, 1.807) is 6.07 Å².